The van der Waals surface area contributed by atoms with E-state index in [1.165, 1.54) is 18.4 Å². The molecule has 1 N–H and O–H groups in total. The number of guanidine groups is 1. The summed E-state index contributed by atoms with van der Waals surface area (Å²) >= 11 is 0. The number of halogens is 1. The van der Waals surface area contributed by atoms with E-state index in [1.807, 2.05) is 0 Å². The molecule has 0 saturated carbocycles. The first-order valence-electron chi connectivity index (χ1n) is 7.53. The normalized spacial score (nSPS) is 15.3. The first-order valence-corrected chi connectivity index (χ1v) is 7.53. The molecule has 1 heterocycles. The molecule has 0 aromatic rings. The molecule has 0 aromatic carbocycles. The number of hydrogen-bond acceptors (Lipinski definition) is 2. The fraction of sp³-hybridized carbons (Fsp3) is 0.800. The summed E-state index contributed by atoms with van der Waals surface area (Å²) in [5.41, 5.74) is 1.49. The van der Waals surface area contributed by atoms with E-state index >= 15 is 0 Å². The van der Waals surface area contributed by atoms with Crippen LogP contribution in [0.3, 0.4) is 0 Å². The molecule has 20 heavy (non-hydrogen) atoms. The Morgan fingerprint density at radius 2 is 2.25 bits per heavy atom. The van der Waals surface area contributed by atoms with Crippen molar-refractivity contribution in [3.05, 3.63) is 11.6 Å². The zero-order valence-electron chi connectivity index (χ0n) is 13.2. The molecule has 0 unspecified atom stereocenters. The summed E-state index contributed by atoms with van der Waals surface area (Å²) in [5, 5.41) is 3.36. The minimum atomic E-state index is 0. The van der Waals surface area contributed by atoms with Crippen molar-refractivity contribution in [3.8, 4) is 0 Å². The highest BCUT2D eigenvalue weighted by Gasteiger charge is 2.06. The first kappa shape index (κ1) is 19.7. The molecule has 0 amide bonds. The Hall–Kier alpha value is -0.300. The van der Waals surface area contributed by atoms with E-state index in [-0.39, 0.29) is 24.0 Å². The van der Waals surface area contributed by atoms with Gasteiger partial charge >= 0.3 is 0 Å². The van der Waals surface area contributed by atoms with E-state index in [0.29, 0.717) is 0 Å². The summed E-state index contributed by atoms with van der Waals surface area (Å²) < 4.78 is 5.32. The van der Waals surface area contributed by atoms with Crippen LogP contribution in [0.15, 0.2) is 16.6 Å². The maximum absolute atomic E-state index is 5.32. The monoisotopic (exact) mass is 395 g/mol. The predicted molar refractivity (Wildman–Crippen MR) is 97.1 cm³/mol. The standard InChI is InChI=1S/C15H29N3O.HI/c1-4-6-11-18(3)15(16-5-2)17-10-7-14-8-12-19-13-9-14;/h8H,4-7,9-13H2,1-3H3,(H,16,17);1H. The second kappa shape index (κ2) is 12.4. The van der Waals surface area contributed by atoms with Gasteiger partial charge in [-0.1, -0.05) is 25.0 Å². The molecule has 0 spiro atoms. The molecule has 4 nitrogen and oxygen atoms in total. The maximum atomic E-state index is 5.32. The van der Waals surface area contributed by atoms with Crippen LogP contribution in [0.4, 0.5) is 0 Å². The van der Waals surface area contributed by atoms with Crippen LogP contribution in [0.25, 0.3) is 0 Å². The van der Waals surface area contributed by atoms with Crippen molar-refractivity contribution < 1.29 is 4.74 Å². The molecular formula is C15H30IN3O. The van der Waals surface area contributed by atoms with E-state index in [2.05, 4.69) is 37.2 Å². The van der Waals surface area contributed by atoms with Gasteiger partial charge in [-0.15, -0.1) is 24.0 Å². The Labute approximate surface area is 141 Å². The zero-order chi connectivity index (χ0) is 13.9. The highest BCUT2D eigenvalue weighted by molar-refractivity contribution is 14.0. The minimum Gasteiger partial charge on any atom is -0.377 e. The van der Waals surface area contributed by atoms with Gasteiger partial charge in [-0.25, -0.2) is 0 Å². The molecule has 1 rings (SSSR count). The molecule has 118 valence electrons. The van der Waals surface area contributed by atoms with Crippen LogP contribution in [-0.4, -0.2) is 50.8 Å². The van der Waals surface area contributed by atoms with E-state index in [9.17, 15) is 0 Å². The first-order chi connectivity index (χ1) is 9.27. The van der Waals surface area contributed by atoms with Crippen LogP contribution in [0.5, 0.6) is 0 Å². The largest absolute Gasteiger partial charge is 0.377 e. The molecular weight excluding hydrogens is 365 g/mol. The lowest BCUT2D eigenvalue weighted by atomic mass is 10.1. The third-order valence-electron chi connectivity index (χ3n) is 3.30. The number of aliphatic imine (C=N–C) groups is 1. The molecule has 0 fully saturated rings. The molecule has 5 heteroatoms. The minimum absolute atomic E-state index is 0. The van der Waals surface area contributed by atoms with Crippen molar-refractivity contribution in [1.29, 1.82) is 0 Å². The van der Waals surface area contributed by atoms with E-state index < -0.39 is 0 Å². The number of ether oxygens (including phenoxy) is 1. The van der Waals surface area contributed by atoms with Crippen LogP contribution >= 0.6 is 24.0 Å². The van der Waals surface area contributed by atoms with Gasteiger partial charge in [0.05, 0.1) is 13.2 Å². The van der Waals surface area contributed by atoms with Gasteiger partial charge in [0.2, 0.25) is 0 Å². The molecule has 0 atom stereocenters. The lowest BCUT2D eigenvalue weighted by Crippen LogP contribution is -2.39. The molecule has 0 bridgehead atoms. The van der Waals surface area contributed by atoms with Crippen molar-refractivity contribution in [2.75, 3.05) is 39.9 Å². The summed E-state index contributed by atoms with van der Waals surface area (Å²) in [4.78, 5) is 6.94. The van der Waals surface area contributed by atoms with Gasteiger partial charge in [0.1, 0.15) is 0 Å². The molecule has 1 aliphatic heterocycles. The number of nitrogens with one attached hydrogen (secondary N) is 1. The van der Waals surface area contributed by atoms with Crippen molar-refractivity contribution >= 4 is 29.9 Å². The van der Waals surface area contributed by atoms with Crippen LogP contribution < -0.4 is 5.32 Å². The van der Waals surface area contributed by atoms with Gasteiger partial charge in [0.15, 0.2) is 5.96 Å². The quantitative estimate of drug-likeness (QED) is 0.312. The van der Waals surface area contributed by atoms with Crippen LogP contribution in [0, 0.1) is 0 Å². The Bertz CT molecular complexity index is 305. The van der Waals surface area contributed by atoms with Crippen LogP contribution in [-0.2, 0) is 4.74 Å². The molecule has 0 aromatic heterocycles. The lowest BCUT2D eigenvalue weighted by molar-refractivity contribution is 0.153. The third kappa shape index (κ3) is 8.09. The van der Waals surface area contributed by atoms with Crippen molar-refractivity contribution in [2.24, 2.45) is 4.99 Å². The summed E-state index contributed by atoms with van der Waals surface area (Å²) in [7, 11) is 2.12. The Morgan fingerprint density at radius 1 is 1.45 bits per heavy atom. The lowest BCUT2D eigenvalue weighted by Gasteiger charge is -2.22. The van der Waals surface area contributed by atoms with Crippen molar-refractivity contribution in [2.45, 2.75) is 39.5 Å². The van der Waals surface area contributed by atoms with Crippen LogP contribution in [0.2, 0.25) is 0 Å². The van der Waals surface area contributed by atoms with Crippen molar-refractivity contribution in [3.63, 3.8) is 0 Å². The fourth-order valence-electron chi connectivity index (χ4n) is 2.07. The van der Waals surface area contributed by atoms with Gasteiger partial charge in [-0.3, -0.25) is 4.99 Å². The van der Waals surface area contributed by atoms with E-state index in [1.54, 1.807) is 0 Å². The highest BCUT2D eigenvalue weighted by atomic mass is 127. The summed E-state index contributed by atoms with van der Waals surface area (Å²) in [6.45, 7) is 8.83. The Morgan fingerprint density at radius 3 is 2.85 bits per heavy atom. The number of nitrogens with zero attached hydrogens (tertiary/aromatic N) is 2. The summed E-state index contributed by atoms with van der Waals surface area (Å²) in [6.07, 6.45) is 6.75. The molecule has 0 radical (unpaired) electrons. The number of rotatable bonds is 7. The number of unbranched alkanes of at least 4 members (excludes halogenated alkanes) is 1. The Kier molecular flexibility index (Phi) is 12.3. The summed E-state index contributed by atoms with van der Waals surface area (Å²) in [6, 6.07) is 0. The third-order valence-corrected chi connectivity index (χ3v) is 3.30. The zero-order valence-corrected chi connectivity index (χ0v) is 15.5. The Balaban J connectivity index is 0.00000361. The average molecular weight is 395 g/mol. The van der Waals surface area contributed by atoms with Gasteiger partial charge in [-0.05, 0) is 26.2 Å². The smallest absolute Gasteiger partial charge is 0.193 e. The molecule has 0 saturated heterocycles. The topological polar surface area (TPSA) is 36.9 Å². The van der Waals surface area contributed by atoms with Gasteiger partial charge < -0.3 is 15.0 Å². The fourth-order valence-corrected chi connectivity index (χ4v) is 2.07. The highest BCUT2D eigenvalue weighted by Crippen LogP contribution is 2.11. The summed E-state index contributed by atoms with van der Waals surface area (Å²) in [5.74, 6) is 1.03. The number of hydrogen-bond donors (Lipinski definition) is 1. The van der Waals surface area contributed by atoms with E-state index in [4.69, 9.17) is 9.73 Å². The average Bonchev–Trinajstić information content (AvgIpc) is 2.45. The second-order valence-electron chi connectivity index (χ2n) is 4.95. The van der Waals surface area contributed by atoms with E-state index in [0.717, 1.165) is 51.6 Å². The van der Waals surface area contributed by atoms with Gasteiger partial charge in [0.25, 0.3) is 0 Å². The molecule has 0 aliphatic carbocycles. The second-order valence-corrected chi connectivity index (χ2v) is 4.95. The predicted octanol–water partition coefficient (Wildman–Crippen LogP) is 3.04. The maximum Gasteiger partial charge on any atom is 0.193 e. The van der Waals surface area contributed by atoms with Gasteiger partial charge in [-0.2, -0.15) is 0 Å². The van der Waals surface area contributed by atoms with Crippen LogP contribution in [0.1, 0.15) is 39.5 Å². The van der Waals surface area contributed by atoms with Crippen molar-refractivity contribution in [1.82, 2.24) is 10.2 Å². The SMILES string of the molecule is CCCCN(C)C(=NCCC1=CCOCC1)NCC.I. The molecule has 1 aliphatic rings. The van der Waals surface area contributed by atoms with Gasteiger partial charge in [0, 0.05) is 26.7 Å².